The van der Waals surface area contributed by atoms with Crippen LogP contribution < -0.4 is 0 Å². The molecule has 2 atom stereocenters. The predicted octanol–water partition coefficient (Wildman–Crippen LogP) is 3.95. The van der Waals surface area contributed by atoms with Gasteiger partial charge in [-0.25, -0.2) is 5.06 Å². The number of carbonyl (C=O) groups is 1. The predicted molar refractivity (Wildman–Crippen MR) is 91.1 cm³/mol. The minimum Gasteiger partial charge on any atom is -0.274 e. The Balaban J connectivity index is 2.30. The van der Waals surface area contributed by atoms with Crippen LogP contribution in [-0.4, -0.2) is 24.1 Å². The summed E-state index contributed by atoms with van der Waals surface area (Å²) >= 11 is 0. The molecule has 1 heterocycles. The van der Waals surface area contributed by atoms with E-state index in [-0.39, 0.29) is 17.4 Å². The van der Waals surface area contributed by atoms with Crippen molar-refractivity contribution in [1.82, 2.24) is 5.06 Å². The Hall–Kier alpha value is -2.39. The van der Waals surface area contributed by atoms with Crippen molar-refractivity contribution in [2.24, 2.45) is 0 Å². The minimum absolute atomic E-state index is 0.0941. The van der Waals surface area contributed by atoms with Crippen LogP contribution in [-0.2, 0) is 10.3 Å². The van der Waals surface area contributed by atoms with Crippen molar-refractivity contribution in [2.75, 3.05) is 7.11 Å². The second-order valence-corrected chi connectivity index (χ2v) is 5.97. The number of benzene rings is 2. The van der Waals surface area contributed by atoms with Gasteiger partial charge in [0.05, 0.1) is 13.2 Å². The number of hydrogen-bond acceptors (Lipinski definition) is 2. The van der Waals surface area contributed by atoms with E-state index in [1.165, 1.54) is 5.06 Å². The summed E-state index contributed by atoms with van der Waals surface area (Å²) in [5, 5.41) is 1.50. The van der Waals surface area contributed by atoms with Gasteiger partial charge in [0.25, 0.3) is 5.91 Å². The zero-order chi connectivity index (χ0) is 16.4. The van der Waals surface area contributed by atoms with Gasteiger partial charge in [0.2, 0.25) is 0 Å². The molecule has 23 heavy (non-hydrogen) atoms. The van der Waals surface area contributed by atoms with E-state index >= 15 is 0 Å². The van der Waals surface area contributed by atoms with Gasteiger partial charge in [0.15, 0.2) is 0 Å². The molecule has 118 valence electrons. The molecule has 3 nitrogen and oxygen atoms in total. The van der Waals surface area contributed by atoms with Crippen LogP contribution in [0.25, 0.3) is 0 Å². The fourth-order valence-electron chi connectivity index (χ4n) is 3.63. The number of hydroxylamine groups is 2. The molecule has 0 N–H and O–H groups in total. The first-order valence-electron chi connectivity index (χ1n) is 7.78. The number of amides is 1. The molecule has 0 saturated carbocycles. The van der Waals surface area contributed by atoms with Crippen LogP contribution in [0.15, 0.2) is 67.3 Å². The average Bonchev–Trinajstić information content (AvgIpc) is 2.61. The molecule has 0 saturated heterocycles. The van der Waals surface area contributed by atoms with Gasteiger partial charge in [-0.05, 0) is 30.5 Å². The lowest BCUT2D eigenvalue weighted by molar-refractivity contribution is -0.138. The Morgan fingerprint density at radius 3 is 2.48 bits per heavy atom. The molecule has 1 aliphatic heterocycles. The second kappa shape index (κ2) is 6.01. The van der Waals surface area contributed by atoms with Gasteiger partial charge in [0, 0.05) is 11.0 Å². The average molecular weight is 307 g/mol. The number of hydrogen-bond donors (Lipinski definition) is 0. The summed E-state index contributed by atoms with van der Waals surface area (Å²) < 4.78 is 0. The third-order valence-electron chi connectivity index (χ3n) is 4.83. The minimum atomic E-state index is -0.365. The molecule has 0 unspecified atom stereocenters. The van der Waals surface area contributed by atoms with E-state index in [1.54, 1.807) is 7.11 Å². The zero-order valence-electron chi connectivity index (χ0n) is 13.5. The number of fused-ring (bicyclic) bond motifs is 1. The van der Waals surface area contributed by atoms with Crippen molar-refractivity contribution in [3.63, 3.8) is 0 Å². The quantitative estimate of drug-likeness (QED) is 0.800. The second-order valence-electron chi connectivity index (χ2n) is 5.97. The van der Waals surface area contributed by atoms with Crippen LogP contribution >= 0.6 is 0 Å². The smallest absolute Gasteiger partial charge is 0.274 e. The maximum absolute atomic E-state index is 12.8. The lowest BCUT2D eigenvalue weighted by Gasteiger charge is -2.47. The monoisotopic (exact) mass is 307 g/mol. The largest absolute Gasteiger partial charge is 0.278 e. The molecule has 3 rings (SSSR count). The molecule has 0 bridgehead atoms. The van der Waals surface area contributed by atoms with Crippen molar-refractivity contribution in [2.45, 2.75) is 24.8 Å². The molecule has 1 amide bonds. The molecular weight excluding hydrogens is 286 g/mol. The van der Waals surface area contributed by atoms with Gasteiger partial charge in [-0.2, -0.15) is 0 Å². The van der Waals surface area contributed by atoms with Crippen molar-refractivity contribution < 1.29 is 9.63 Å². The number of carbonyl (C=O) groups excluding carboxylic acids is 1. The molecule has 0 aliphatic carbocycles. The molecule has 1 aliphatic rings. The van der Waals surface area contributed by atoms with Crippen LogP contribution in [0.3, 0.4) is 0 Å². The highest BCUT2D eigenvalue weighted by molar-refractivity contribution is 5.97. The van der Waals surface area contributed by atoms with E-state index in [2.05, 4.69) is 25.6 Å². The van der Waals surface area contributed by atoms with Crippen molar-refractivity contribution >= 4 is 5.91 Å². The van der Waals surface area contributed by atoms with Crippen molar-refractivity contribution in [3.05, 3.63) is 83.9 Å². The first-order chi connectivity index (χ1) is 11.1. The highest BCUT2D eigenvalue weighted by Gasteiger charge is 2.48. The standard InChI is InChI=1S/C20H21NO2/c1-4-10-18-20(2,15-11-6-5-7-12-15)17-14-9-8-13-16(17)19(22)21(18)23-3/h4-9,11-14,18H,1,10H2,2-3H3/t18-,20+/m0/s1. The van der Waals surface area contributed by atoms with Gasteiger partial charge in [-0.1, -0.05) is 54.6 Å². The van der Waals surface area contributed by atoms with Gasteiger partial charge in [0.1, 0.15) is 0 Å². The summed E-state index contributed by atoms with van der Waals surface area (Å²) in [7, 11) is 1.55. The van der Waals surface area contributed by atoms with Gasteiger partial charge >= 0.3 is 0 Å². The van der Waals surface area contributed by atoms with E-state index in [0.29, 0.717) is 12.0 Å². The maximum atomic E-state index is 12.8. The third kappa shape index (κ3) is 2.28. The summed E-state index contributed by atoms with van der Waals surface area (Å²) in [4.78, 5) is 18.3. The summed E-state index contributed by atoms with van der Waals surface area (Å²) in [6.07, 6.45) is 2.50. The van der Waals surface area contributed by atoms with Gasteiger partial charge < -0.3 is 0 Å². The van der Waals surface area contributed by atoms with Crippen molar-refractivity contribution in [3.8, 4) is 0 Å². The Bertz CT molecular complexity index is 725. The Kier molecular flexibility index (Phi) is 4.05. The summed E-state index contributed by atoms with van der Waals surface area (Å²) in [5.74, 6) is -0.0941. The van der Waals surface area contributed by atoms with Gasteiger partial charge in [-0.15, -0.1) is 6.58 Å². The molecule has 0 radical (unpaired) electrons. The SMILES string of the molecule is C=CC[C@@H]1N(OC)C(=O)c2ccccc2[C@@]1(C)c1ccccc1. The molecule has 2 aromatic rings. The van der Waals surface area contributed by atoms with Crippen LogP contribution in [0, 0.1) is 0 Å². The van der Waals surface area contributed by atoms with Crippen LogP contribution in [0.1, 0.15) is 34.8 Å². The van der Waals surface area contributed by atoms with E-state index in [0.717, 1.165) is 11.1 Å². The lowest BCUT2D eigenvalue weighted by Crippen LogP contribution is -2.56. The topological polar surface area (TPSA) is 29.5 Å². The highest BCUT2D eigenvalue weighted by atomic mass is 16.7. The fraction of sp³-hybridized carbons (Fsp3) is 0.250. The van der Waals surface area contributed by atoms with E-state index in [1.807, 2.05) is 48.5 Å². The lowest BCUT2D eigenvalue weighted by atomic mass is 9.66. The Morgan fingerprint density at radius 2 is 1.83 bits per heavy atom. The normalized spacial score (nSPS) is 23.5. The first-order valence-corrected chi connectivity index (χ1v) is 7.78. The molecule has 0 aromatic heterocycles. The molecule has 0 spiro atoms. The Labute approximate surface area is 137 Å². The van der Waals surface area contributed by atoms with Gasteiger partial charge in [-0.3, -0.25) is 9.63 Å². The summed E-state index contributed by atoms with van der Waals surface area (Å²) in [5.41, 5.74) is 2.53. The van der Waals surface area contributed by atoms with Crippen LogP contribution in [0.5, 0.6) is 0 Å². The molecule has 2 aromatic carbocycles. The number of nitrogens with zero attached hydrogens (tertiary/aromatic N) is 1. The molecular formula is C20H21NO2. The molecule has 0 fully saturated rings. The van der Waals surface area contributed by atoms with Crippen molar-refractivity contribution in [1.29, 1.82) is 0 Å². The first kappa shape index (κ1) is 15.5. The highest BCUT2D eigenvalue weighted by Crippen LogP contribution is 2.44. The van der Waals surface area contributed by atoms with E-state index in [4.69, 9.17) is 4.84 Å². The van der Waals surface area contributed by atoms with Crippen LogP contribution in [0.4, 0.5) is 0 Å². The fourth-order valence-corrected chi connectivity index (χ4v) is 3.63. The van der Waals surface area contributed by atoms with E-state index in [9.17, 15) is 4.79 Å². The van der Waals surface area contributed by atoms with E-state index < -0.39 is 0 Å². The number of rotatable bonds is 4. The summed E-state index contributed by atoms with van der Waals surface area (Å²) in [6, 6.07) is 17.9. The van der Waals surface area contributed by atoms with Crippen LogP contribution in [0.2, 0.25) is 0 Å². The Morgan fingerprint density at radius 1 is 1.17 bits per heavy atom. The zero-order valence-corrected chi connectivity index (χ0v) is 13.5. The maximum Gasteiger partial charge on any atom is 0.278 e. The summed E-state index contributed by atoms with van der Waals surface area (Å²) in [6.45, 7) is 6.04. The molecule has 3 heteroatoms. The third-order valence-corrected chi connectivity index (χ3v) is 4.83.